The molecule has 0 aromatic carbocycles. The maximum atomic E-state index is 11.5. The fourth-order valence-electron chi connectivity index (χ4n) is 2.34. The van der Waals surface area contributed by atoms with E-state index in [4.69, 9.17) is 5.73 Å². The first-order valence-corrected chi connectivity index (χ1v) is 6.97. The highest BCUT2D eigenvalue weighted by Gasteiger charge is 2.21. The molecule has 1 atom stereocenters. The lowest BCUT2D eigenvalue weighted by molar-refractivity contribution is -0.141. The molecule has 1 amide bonds. The number of nitrogens with one attached hydrogen (secondary N) is 1. The zero-order valence-corrected chi connectivity index (χ0v) is 12.9. The molecule has 0 saturated heterocycles. The first-order valence-electron chi connectivity index (χ1n) is 6.97. The molecule has 1 aromatic rings. The van der Waals surface area contributed by atoms with Crippen LogP contribution >= 0.6 is 0 Å². The first-order chi connectivity index (χ1) is 9.72. The van der Waals surface area contributed by atoms with Gasteiger partial charge in [-0.3, -0.25) is 9.59 Å². The highest BCUT2D eigenvalue weighted by molar-refractivity contribution is 5.99. The van der Waals surface area contributed by atoms with Gasteiger partial charge in [0.1, 0.15) is 5.82 Å². The second-order valence-electron chi connectivity index (χ2n) is 5.71. The van der Waals surface area contributed by atoms with Crippen LogP contribution in [0.25, 0.3) is 0 Å². The molecular weight excluding hydrogens is 270 g/mol. The molecule has 6 nitrogen and oxygen atoms in total. The van der Waals surface area contributed by atoms with Gasteiger partial charge in [-0.05, 0) is 37.8 Å². The molecule has 21 heavy (non-hydrogen) atoms. The number of aryl methyl sites for hydroxylation is 2. The average molecular weight is 293 g/mol. The van der Waals surface area contributed by atoms with E-state index in [-0.39, 0.29) is 12.5 Å². The van der Waals surface area contributed by atoms with Gasteiger partial charge in [0.05, 0.1) is 11.5 Å². The number of pyridine rings is 1. The molecule has 0 bridgehead atoms. The minimum Gasteiger partial charge on any atom is -0.481 e. The van der Waals surface area contributed by atoms with Crippen LogP contribution in [-0.2, 0) is 4.79 Å². The van der Waals surface area contributed by atoms with Crippen LogP contribution in [0.2, 0.25) is 0 Å². The number of hydrogen-bond acceptors (Lipinski definition) is 4. The van der Waals surface area contributed by atoms with Crippen LogP contribution < -0.4 is 11.1 Å². The number of rotatable bonds is 7. The van der Waals surface area contributed by atoms with E-state index in [9.17, 15) is 14.7 Å². The van der Waals surface area contributed by atoms with Gasteiger partial charge in [0.2, 0.25) is 0 Å². The van der Waals surface area contributed by atoms with Crippen molar-refractivity contribution >= 4 is 17.7 Å². The molecular formula is C15H23N3O3. The summed E-state index contributed by atoms with van der Waals surface area (Å²) in [4.78, 5) is 27.1. The van der Waals surface area contributed by atoms with Gasteiger partial charge in [-0.1, -0.05) is 13.8 Å². The van der Waals surface area contributed by atoms with Gasteiger partial charge < -0.3 is 16.2 Å². The molecule has 1 heterocycles. The Morgan fingerprint density at radius 3 is 2.48 bits per heavy atom. The van der Waals surface area contributed by atoms with Crippen LogP contribution in [0.15, 0.2) is 6.07 Å². The number of carboxylic acids is 1. The van der Waals surface area contributed by atoms with E-state index in [1.807, 2.05) is 20.8 Å². The number of amides is 1. The second kappa shape index (κ2) is 7.06. The molecule has 6 heteroatoms. The monoisotopic (exact) mass is 293 g/mol. The van der Waals surface area contributed by atoms with Crippen molar-refractivity contribution in [2.45, 2.75) is 34.1 Å². The van der Waals surface area contributed by atoms with Crippen LogP contribution in [0.3, 0.4) is 0 Å². The summed E-state index contributed by atoms with van der Waals surface area (Å²) in [5.41, 5.74) is 7.17. The number of primary amides is 1. The normalized spacial score (nSPS) is 12.2. The highest BCUT2D eigenvalue weighted by atomic mass is 16.4. The smallest absolute Gasteiger partial charge is 0.308 e. The Morgan fingerprint density at radius 1 is 1.38 bits per heavy atom. The van der Waals surface area contributed by atoms with Crippen LogP contribution in [0, 0.1) is 25.7 Å². The lowest BCUT2D eigenvalue weighted by Crippen LogP contribution is -2.26. The Balaban J connectivity index is 2.96. The molecule has 1 aromatic heterocycles. The SMILES string of the molecule is Cc1cc(C)c(C(N)=O)c(NCC(CC(C)C)C(=O)O)n1. The summed E-state index contributed by atoms with van der Waals surface area (Å²) in [7, 11) is 0. The fraction of sp³-hybridized carbons (Fsp3) is 0.533. The van der Waals surface area contributed by atoms with Crippen molar-refractivity contribution in [1.82, 2.24) is 4.98 Å². The summed E-state index contributed by atoms with van der Waals surface area (Å²) in [6.45, 7) is 7.75. The predicted octanol–water partition coefficient (Wildman–Crippen LogP) is 1.96. The number of carbonyl (C=O) groups excluding carboxylic acids is 1. The van der Waals surface area contributed by atoms with E-state index in [0.717, 1.165) is 11.3 Å². The van der Waals surface area contributed by atoms with Crippen LogP contribution in [0.4, 0.5) is 5.82 Å². The Morgan fingerprint density at radius 2 is 2.00 bits per heavy atom. The topological polar surface area (TPSA) is 105 Å². The Labute approximate surface area is 124 Å². The van der Waals surface area contributed by atoms with Crippen LogP contribution in [-0.4, -0.2) is 28.5 Å². The average Bonchev–Trinajstić information content (AvgIpc) is 2.32. The molecule has 0 aliphatic rings. The van der Waals surface area contributed by atoms with Crippen molar-refractivity contribution in [1.29, 1.82) is 0 Å². The van der Waals surface area contributed by atoms with E-state index < -0.39 is 17.8 Å². The fourth-order valence-corrected chi connectivity index (χ4v) is 2.34. The molecule has 0 spiro atoms. The number of nitrogens with zero attached hydrogens (tertiary/aromatic N) is 1. The number of carboxylic acid groups (broad SMARTS) is 1. The Hall–Kier alpha value is -2.11. The number of aliphatic carboxylic acids is 1. The van der Waals surface area contributed by atoms with Gasteiger partial charge in [-0.2, -0.15) is 0 Å². The van der Waals surface area contributed by atoms with Crippen LogP contribution in [0.5, 0.6) is 0 Å². The maximum absolute atomic E-state index is 11.5. The number of anilines is 1. The Bertz CT molecular complexity index is 541. The van der Waals surface area contributed by atoms with Crippen molar-refractivity contribution in [2.75, 3.05) is 11.9 Å². The largest absolute Gasteiger partial charge is 0.481 e. The number of nitrogens with two attached hydrogens (primary N) is 1. The van der Waals surface area contributed by atoms with Crippen molar-refractivity contribution in [3.63, 3.8) is 0 Å². The standard InChI is InChI=1S/C15H23N3O3/c1-8(2)5-11(15(20)21)7-17-14-12(13(16)19)9(3)6-10(4)18-14/h6,8,11H,5,7H2,1-4H3,(H2,16,19)(H,17,18)(H,20,21). The summed E-state index contributed by atoms with van der Waals surface area (Å²) in [5.74, 6) is -1.33. The van der Waals surface area contributed by atoms with E-state index in [1.165, 1.54) is 0 Å². The van der Waals surface area contributed by atoms with Crippen molar-refractivity contribution in [3.8, 4) is 0 Å². The quantitative estimate of drug-likeness (QED) is 0.712. The van der Waals surface area contributed by atoms with E-state index >= 15 is 0 Å². The molecule has 0 aliphatic carbocycles. The van der Waals surface area contributed by atoms with E-state index in [1.54, 1.807) is 13.0 Å². The van der Waals surface area contributed by atoms with Gasteiger partial charge in [0, 0.05) is 12.2 Å². The Kier molecular flexibility index (Phi) is 5.69. The van der Waals surface area contributed by atoms with E-state index in [2.05, 4.69) is 10.3 Å². The maximum Gasteiger partial charge on any atom is 0.308 e. The lowest BCUT2D eigenvalue weighted by Gasteiger charge is -2.18. The van der Waals surface area contributed by atoms with Crippen LogP contribution in [0.1, 0.15) is 41.9 Å². The summed E-state index contributed by atoms with van der Waals surface area (Å²) < 4.78 is 0. The third-order valence-electron chi connectivity index (χ3n) is 3.21. The molecule has 0 aliphatic heterocycles. The predicted molar refractivity (Wildman–Crippen MR) is 81.3 cm³/mol. The molecule has 0 saturated carbocycles. The molecule has 116 valence electrons. The molecule has 1 rings (SSSR count). The van der Waals surface area contributed by atoms with Crippen molar-refractivity contribution < 1.29 is 14.7 Å². The summed E-state index contributed by atoms with van der Waals surface area (Å²) in [5, 5.41) is 12.2. The van der Waals surface area contributed by atoms with Gasteiger partial charge in [0.15, 0.2) is 0 Å². The molecule has 1 unspecified atom stereocenters. The van der Waals surface area contributed by atoms with Gasteiger partial charge >= 0.3 is 5.97 Å². The highest BCUT2D eigenvalue weighted by Crippen LogP contribution is 2.20. The summed E-state index contributed by atoms with van der Waals surface area (Å²) in [6, 6.07) is 1.77. The third-order valence-corrected chi connectivity index (χ3v) is 3.21. The van der Waals surface area contributed by atoms with Gasteiger partial charge in [-0.15, -0.1) is 0 Å². The zero-order chi connectivity index (χ0) is 16.2. The number of carbonyl (C=O) groups is 2. The van der Waals surface area contributed by atoms with Crippen molar-refractivity contribution in [3.05, 3.63) is 22.9 Å². The van der Waals surface area contributed by atoms with Crippen molar-refractivity contribution in [2.24, 2.45) is 17.6 Å². The minimum atomic E-state index is -0.860. The summed E-state index contributed by atoms with van der Waals surface area (Å²) >= 11 is 0. The zero-order valence-electron chi connectivity index (χ0n) is 12.9. The number of hydrogen-bond donors (Lipinski definition) is 3. The lowest BCUT2D eigenvalue weighted by atomic mass is 9.97. The van der Waals surface area contributed by atoms with E-state index in [0.29, 0.717) is 17.8 Å². The number of aromatic nitrogens is 1. The van der Waals surface area contributed by atoms with Gasteiger partial charge in [-0.25, -0.2) is 4.98 Å². The van der Waals surface area contributed by atoms with Gasteiger partial charge in [0.25, 0.3) is 5.91 Å². The molecule has 4 N–H and O–H groups in total. The molecule has 0 radical (unpaired) electrons. The second-order valence-corrected chi connectivity index (χ2v) is 5.71. The molecule has 0 fully saturated rings. The summed E-state index contributed by atoms with van der Waals surface area (Å²) in [6.07, 6.45) is 0.555. The first kappa shape index (κ1) is 16.9. The minimum absolute atomic E-state index is 0.212. The third kappa shape index (κ3) is 4.73.